The third-order valence-electron chi connectivity index (χ3n) is 4.40. The van der Waals surface area contributed by atoms with Crippen molar-refractivity contribution in [3.63, 3.8) is 0 Å². The van der Waals surface area contributed by atoms with Crippen LogP contribution in [0.5, 0.6) is 0 Å². The van der Waals surface area contributed by atoms with Crippen LogP contribution in [0.2, 0.25) is 0 Å². The molecule has 1 aliphatic rings. The molecule has 22 heavy (non-hydrogen) atoms. The molecule has 0 saturated heterocycles. The van der Waals surface area contributed by atoms with Crippen LogP contribution in [0.4, 0.5) is 0 Å². The van der Waals surface area contributed by atoms with Gasteiger partial charge in [-0.25, -0.2) is 9.78 Å². The smallest absolute Gasteiger partial charge is 0.330 e. The predicted octanol–water partition coefficient (Wildman–Crippen LogP) is 3.76. The molecular formula is C18H22N2O2. The number of carbonyl (C=O) groups is 1. The molecule has 116 valence electrons. The van der Waals surface area contributed by atoms with Gasteiger partial charge in [0.05, 0.1) is 11.8 Å². The van der Waals surface area contributed by atoms with E-state index in [2.05, 4.69) is 4.98 Å². The average Bonchev–Trinajstić information content (AvgIpc) is 3.03. The molecule has 1 heterocycles. The van der Waals surface area contributed by atoms with E-state index in [1.807, 2.05) is 31.2 Å². The Kier molecular flexibility index (Phi) is 4.56. The molecule has 2 aromatic rings. The molecule has 1 aliphatic carbocycles. The number of aryl methyl sites for hydroxylation is 1. The molecule has 0 aliphatic heterocycles. The van der Waals surface area contributed by atoms with Gasteiger partial charge in [-0.2, -0.15) is 4.73 Å². The number of carbonyl (C=O) groups excluding carboxylic acids is 1. The van der Waals surface area contributed by atoms with E-state index in [-0.39, 0.29) is 5.97 Å². The summed E-state index contributed by atoms with van der Waals surface area (Å²) in [5, 5.41) is 0. The maximum atomic E-state index is 12.5. The third-order valence-corrected chi connectivity index (χ3v) is 4.40. The Hall–Kier alpha value is -2.10. The standard InChI is InChI=1S/C18H22N2O2/c1-2-14-8-6-7-11-16(14)18(21)22-20-13-12-19-17(20)15-9-4-3-5-10-15/h6-8,11-13,15H,2-5,9-10H2,1H3. The van der Waals surface area contributed by atoms with Crippen LogP contribution in [0.25, 0.3) is 0 Å². The Bertz CT molecular complexity index is 642. The van der Waals surface area contributed by atoms with Gasteiger partial charge in [-0.15, -0.1) is 0 Å². The lowest BCUT2D eigenvalue weighted by Crippen LogP contribution is -2.24. The molecule has 0 radical (unpaired) electrons. The Morgan fingerprint density at radius 1 is 1.27 bits per heavy atom. The second-order valence-electron chi connectivity index (χ2n) is 5.84. The fourth-order valence-electron chi connectivity index (χ4n) is 3.19. The minimum absolute atomic E-state index is 0.312. The van der Waals surface area contributed by atoms with Crippen molar-refractivity contribution in [1.29, 1.82) is 0 Å². The van der Waals surface area contributed by atoms with E-state index in [1.165, 1.54) is 19.3 Å². The van der Waals surface area contributed by atoms with Gasteiger partial charge in [0, 0.05) is 12.1 Å². The Labute approximate surface area is 131 Å². The minimum Gasteiger partial charge on any atom is -0.330 e. The molecule has 4 heteroatoms. The van der Waals surface area contributed by atoms with Crippen LogP contribution < -0.4 is 4.84 Å². The van der Waals surface area contributed by atoms with Crippen LogP contribution in [0.3, 0.4) is 0 Å². The lowest BCUT2D eigenvalue weighted by Gasteiger charge is -2.21. The van der Waals surface area contributed by atoms with Crippen molar-refractivity contribution in [2.75, 3.05) is 0 Å². The Balaban J connectivity index is 1.78. The van der Waals surface area contributed by atoms with Crippen molar-refractivity contribution >= 4 is 5.97 Å². The first-order valence-corrected chi connectivity index (χ1v) is 8.13. The highest BCUT2D eigenvalue weighted by Crippen LogP contribution is 2.31. The monoisotopic (exact) mass is 298 g/mol. The maximum Gasteiger partial charge on any atom is 0.363 e. The zero-order chi connectivity index (χ0) is 15.4. The first-order valence-electron chi connectivity index (χ1n) is 8.13. The summed E-state index contributed by atoms with van der Waals surface area (Å²) in [6.07, 6.45) is 10.2. The molecule has 0 amide bonds. The maximum absolute atomic E-state index is 12.5. The third kappa shape index (κ3) is 3.06. The summed E-state index contributed by atoms with van der Waals surface area (Å²) in [6, 6.07) is 7.59. The quantitative estimate of drug-likeness (QED) is 0.863. The summed E-state index contributed by atoms with van der Waals surface area (Å²) >= 11 is 0. The molecule has 3 rings (SSSR count). The molecule has 1 saturated carbocycles. The van der Waals surface area contributed by atoms with E-state index in [0.29, 0.717) is 11.5 Å². The summed E-state index contributed by atoms with van der Waals surface area (Å²) in [7, 11) is 0. The highest BCUT2D eigenvalue weighted by atomic mass is 16.7. The summed E-state index contributed by atoms with van der Waals surface area (Å²) in [6.45, 7) is 2.04. The van der Waals surface area contributed by atoms with Crippen LogP contribution in [-0.2, 0) is 6.42 Å². The number of hydrogen-bond acceptors (Lipinski definition) is 3. The van der Waals surface area contributed by atoms with E-state index >= 15 is 0 Å². The molecule has 0 atom stereocenters. The molecule has 4 nitrogen and oxygen atoms in total. The second kappa shape index (κ2) is 6.77. The van der Waals surface area contributed by atoms with Crippen LogP contribution in [0.1, 0.15) is 66.7 Å². The highest BCUT2D eigenvalue weighted by molar-refractivity contribution is 5.91. The number of aromatic nitrogens is 2. The van der Waals surface area contributed by atoms with Gasteiger partial charge in [0.15, 0.2) is 0 Å². The van der Waals surface area contributed by atoms with Gasteiger partial charge >= 0.3 is 5.97 Å². The summed E-state index contributed by atoms with van der Waals surface area (Å²) in [5.74, 6) is 0.965. The van der Waals surface area contributed by atoms with Crippen LogP contribution >= 0.6 is 0 Å². The van der Waals surface area contributed by atoms with Gasteiger partial charge in [0.25, 0.3) is 0 Å². The SMILES string of the molecule is CCc1ccccc1C(=O)On1ccnc1C1CCCCC1. The van der Waals surface area contributed by atoms with Crippen molar-refractivity contribution in [3.8, 4) is 0 Å². The van der Waals surface area contributed by atoms with Gasteiger partial charge in [0.1, 0.15) is 5.82 Å². The highest BCUT2D eigenvalue weighted by Gasteiger charge is 2.22. The number of hydrogen-bond donors (Lipinski definition) is 0. The van der Waals surface area contributed by atoms with Crippen molar-refractivity contribution < 1.29 is 9.63 Å². The lowest BCUT2D eigenvalue weighted by atomic mass is 9.89. The zero-order valence-corrected chi connectivity index (χ0v) is 13.0. The first-order chi connectivity index (χ1) is 10.8. The van der Waals surface area contributed by atoms with E-state index in [0.717, 1.165) is 30.7 Å². The molecule has 1 aromatic carbocycles. The van der Waals surface area contributed by atoms with Gasteiger partial charge in [-0.3, -0.25) is 0 Å². The molecule has 1 fully saturated rings. The molecule has 0 unspecified atom stereocenters. The fourth-order valence-corrected chi connectivity index (χ4v) is 3.19. The predicted molar refractivity (Wildman–Crippen MR) is 84.8 cm³/mol. The molecule has 0 N–H and O–H groups in total. The topological polar surface area (TPSA) is 44.1 Å². The van der Waals surface area contributed by atoms with Gasteiger partial charge < -0.3 is 4.84 Å². The molecule has 0 spiro atoms. The summed E-state index contributed by atoms with van der Waals surface area (Å²) in [5.41, 5.74) is 1.64. The van der Waals surface area contributed by atoms with Crippen molar-refractivity contribution in [1.82, 2.24) is 9.71 Å². The van der Waals surface area contributed by atoms with Gasteiger partial charge in [0.2, 0.25) is 0 Å². The van der Waals surface area contributed by atoms with E-state index in [4.69, 9.17) is 4.84 Å². The van der Waals surface area contributed by atoms with Crippen LogP contribution in [0.15, 0.2) is 36.7 Å². The molecule has 0 bridgehead atoms. The van der Waals surface area contributed by atoms with Crippen LogP contribution in [0, 0.1) is 0 Å². The number of nitrogens with zero attached hydrogens (tertiary/aromatic N) is 2. The molecular weight excluding hydrogens is 276 g/mol. The van der Waals surface area contributed by atoms with Gasteiger partial charge in [-0.1, -0.05) is 44.4 Å². The largest absolute Gasteiger partial charge is 0.363 e. The van der Waals surface area contributed by atoms with E-state index < -0.39 is 0 Å². The molecule has 1 aromatic heterocycles. The first kappa shape index (κ1) is 14.8. The minimum atomic E-state index is -0.312. The lowest BCUT2D eigenvalue weighted by molar-refractivity contribution is 0.0435. The van der Waals surface area contributed by atoms with Crippen molar-refractivity contribution in [2.24, 2.45) is 0 Å². The van der Waals surface area contributed by atoms with Gasteiger partial charge in [-0.05, 0) is 30.9 Å². The van der Waals surface area contributed by atoms with E-state index in [1.54, 1.807) is 17.1 Å². The van der Waals surface area contributed by atoms with Crippen molar-refractivity contribution in [3.05, 3.63) is 53.6 Å². The second-order valence-corrected chi connectivity index (χ2v) is 5.84. The Morgan fingerprint density at radius 2 is 2.05 bits per heavy atom. The van der Waals surface area contributed by atoms with E-state index in [9.17, 15) is 4.79 Å². The van der Waals surface area contributed by atoms with Crippen LogP contribution in [-0.4, -0.2) is 15.7 Å². The summed E-state index contributed by atoms with van der Waals surface area (Å²) in [4.78, 5) is 22.5. The number of rotatable bonds is 4. The average molecular weight is 298 g/mol. The zero-order valence-electron chi connectivity index (χ0n) is 13.0. The number of benzene rings is 1. The van der Waals surface area contributed by atoms with Crippen molar-refractivity contribution in [2.45, 2.75) is 51.4 Å². The Morgan fingerprint density at radius 3 is 2.82 bits per heavy atom. The normalized spacial score (nSPS) is 15.7. The fraction of sp³-hybridized carbons (Fsp3) is 0.444. The summed E-state index contributed by atoms with van der Waals surface area (Å²) < 4.78 is 1.56. The number of imidazole rings is 1.